The van der Waals surface area contributed by atoms with Crippen LogP contribution in [0.5, 0.6) is 0 Å². The molecule has 9 heavy (non-hydrogen) atoms. The first-order valence-electron chi connectivity index (χ1n) is 2.86. The second kappa shape index (κ2) is 8.01. The van der Waals surface area contributed by atoms with Gasteiger partial charge in [0.2, 0.25) is 0 Å². The number of rotatable bonds is 5. The maximum absolute atomic E-state index is 8.33. The monoisotopic (exact) mass is 148 g/mol. The molecule has 0 saturated carbocycles. The molecule has 0 fully saturated rings. The molecule has 0 aliphatic heterocycles. The molecule has 0 aliphatic rings. The number of thioether (sulfide) groups is 1. The SMILES string of the molecule is OCC=CCSCCO. The van der Waals surface area contributed by atoms with E-state index >= 15 is 0 Å². The Bertz CT molecular complexity index is 73.5. The number of aliphatic hydroxyl groups is 2. The number of hydrogen-bond acceptors (Lipinski definition) is 3. The molecule has 0 spiro atoms. The first kappa shape index (κ1) is 9.01. The second-order valence-electron chi connectivity index (χ2n) is 1.45. The van der Waals surface area contributed by atoms with Gasteiger partial charge in [-0.3, -0.25) is 0 Å². The molecule has 0 heterocycles. The fraction of sp³-hybridized carbons (Fsp3) is 0.667. The quantitative estimate of drug-likeness (QED) is 0.434. The third kappa shape index (κ3) is 8.01. The van der Waals surface area contributed by atoms with Crippen LogP contribution in [0.1, 0.15) is 0 Å². The van der Waals surface area contributed by atoms with Crippen molar-refractivity contribution < 1.29 is 10.2 Å². The van der Waals surface area contributed by atoms with E-state index in [0.29, 0.717) is 0 Å². The topological polar surface area (TPSA) is 40.5 Å². The molecule has 54 valence electrons. The third-order valence-electron chi connectivity index (χ3n) is 0.722. The van der Waals surface area contributed by atoms with Gasteiger partial charge in [-0.1, -0.05) is 12.2 Å². The molecule has 0 unspecified atom stereocenters. The zero-order chi connectivity index (χ0) is 6.95. The summed E-state index contributed by atoms with van der Waals surface area (Å²) >= 11 is 1.65. The Hall–Kier alpha value is 0.01000. The molecule has 3 heteroatoms. The molecule has 0 atom stereocenters. The molecule has 0 aromatic rings. The average Bonchev–Trinajstić information content (AvgIpc) is 1.89. The van der Waals surface area contributed by atoms with Gasteiger partial charge in [0.15, 0.2) is 0 Å². The van der Waals surface area contributed by atoms with E-state index < -0.39 is 0 Å². The fourth-order valence-corrected chi connectivity index (χ4v) is 0.926. The Morgan fingerprint density at radius 1 is 1.22 bits per heavy atom. The van der Waals surface area contributed by atoms with Crippen LogP contribution in [-0.2, 0) is 0 Å². The van der Waals surface area contributed by atoms with E-state index in [4.69, 9.17) is 10.2 Å². The van der Waals surface area contributed by atoms with E-state index in [9.17, 15) is 0 Å². The third-order valence-corrected chi connectivity index (χ3v) is 1.62. The van der Waals surface area contributed by atoms with Crippen molar-refractivity contribution in [1.82, 2.24) is 0 Å². The molecule has 2 N–H and O–H groups in total. The van der Waals surface area contributed by atoms with Gasteiger partial charge < -0.3 is 10.2 Å². The second-order valence-corrected chi connectivity index (χ2v) is 2.60. The lowest BCUT2D eigenvalue weighted by atomic mass is 10.6. The summed E-state index contributed by atoms with van der Waals surface area (Å²) in [6, 6.07) is 0. The minimum absolute atomic E-state index is 0.111. The molecule has 0 aliphatic carbocycles. The summed E-state index contributed by atoms with van der Waals surface area (Å²) in [7, 11) is 0. The fourth-order valence-electron chi connectivity index (χ4n) is 0.359. The highest BCUT2D eigenvalue weighted by atomic mass is 32.2. The first-order valence-corrected chi connectivity index (χ1v) is 4.01. The number of hydrogen-bond donors (Lipinski definition) is 2. The Kier molecular flexibility index (Phi) is 8.02. The molecule has 0 bridgehead atoms. The van der Waals surface area contributed by atoms with Crippen LogP contribution in [0, 0.1) is 0 Å². The Morgan fingerprint density at radius 3 is 2.56 bits per heavy atom. The van der Waals surface area contributed by atoms with Crippen LogP contribution in [-0.4, -0.2) is 34.9 Å². The summed E-state index contributed by atoms with van der Waals surface area (Å²) in [5.41, 5.74) is 0. The predicted octanol–water partition coefficient (Wildman–Crippen LogP) is 0.260. The van der Waals surface area contributed by atoms with Gasteiger partial charge in [-0.25, -0.2) is 0 Å². The van der Waals surface area contributed by atoms with Gasteiger partial charge in [-0.05, 0) is 0 Å². The van der Waals surface area contributed by atoms with Gasteiger partial charge in [0.25, 0.3) is 0 Å². The van der Waals surface area contributed by atoms with E-state index in [1.807, 2.05) is 6.08 Å². The maximum Gasteiger partial charge on any atom is 0.0612 e. The zero-order valence-electron chi connectivity index (χ0n) is 5.29. The van der Waals surface area contributed by atoms with Gasteiger partial charge in [0.1, 0.15) is 0 Å². The summed E-state index contributed by atoms with van der Waals surface area (Å²) < 4.78 is 0. The lowest BCUT2D eigenvalue weighted by molar-refractivity contribution is 0.322. The van der Waals surface area contributed by atoms with E-state index in [2.05, 4.69) is 0 Å². The van der Waals surface area contributed by atoms with Crippen molar-refractivity contribution in [2.45, 2.75) is 0 Å². The molecule has 0 saturated heterocycles. The predicted molar refractivity (Wildman–Crippen MR) is 40.6 cm³/mol. The van der Waals surface area contributed by atoms with Gasteiger partial charge in [0, 0.05) is 11.5 Å². The van der Waals surface area contributed by atoms with Crippen LogP contribution in [0.25, 0.3) is 0 Å². The first-order chi connectivity index (χ1) is 4.41. The van der Waals surface area contributed by atoms with Crippen molar-refractivity contribution in [2.24, 2.45) is 0 Å². The molecule has 0 aromatic carbocycles. The summed E-state index contributed by atoms with van der Waals surface area (Å²) in [5.74, 6) is 1.65. The lowest BCUT2D eigenvalue weighted by Gasteiger charge is -1.90. The van der Waals surface area contributed by atoms with Crippen LogP contribution in [0.3, 0.4) is 0 Å². The van der Waals surface area contributed by atoms with E-state index in [1.54, 1.807) is 17.8 Å². The minimum atomic E-state index is 0.111. The summed E-state index contributed by atoms with van der Waals surface area (Å²) in [4.78, 5) is 0. The Balaban J connectivity index is 2.82. The minimum Gasteiger partial charge on any atom is -0.396 e. The maximum atomic E-state index is 8.33. The lowest BCUT2D eigenvalue weighted by Crippen LogP contribution is -1.86. The van der Waals surface area contributed by atoms with Gasteiger partial charge in [-0.15, -0.1) is 0 Å². The molecule has 0 rings (SSSR count). The van der Waals surface area contributed by atoms with Crippen LogP contribution in [0.4, 0.5) is 0 Å². The van der Waals surface area contributed by atoms with Crippen molar-refractivity contribution in [3.05, 3.63) is 12.2 Å². The van der Waals surface area contributed by atoms with E-state index in [1.165, 1.54) is 0 Å². The van der Waals surface area contributed by atoms with Gasteiger partial charge in [0.05, 0.1) is 13.2 Å². The van der Waals surface area contributed by atoms with Crippen molar-refractivity contribution in [3.8, 4) is 0 Å². The highest BCUT2D eigenvalue weighted by Crippen LogP contribution is 1.97. The zero-order valence-corrected chi connectivity index (χ0v) is 6.10. The average molecular weight is 148 g/mol. The van der Waals surface area contributed by atoms with Crippen molar-refractivity contribution in [1.29, 1.82) is 0 Å². The van der Waals surface area contributed by atoms with Crippen LogP contribution < -0.4 is 0 Å². The van der Waals surface area contributed by atoms with E-state index in [-0.39, 0.29) is 13.2 Å². The summed E-state index contributed by atoms with van der Waals surface area (Å²) in [5, 5.41) is 16.6. The summed E-state index contributed by atoms with van der Waals surface area (Å²) in [6.45, 7) is 0.345. The van der Waals surface area contributed by atoms with Gasteiger partial charge in [-0.2, -0.15) is 11.8 Å². The standard InChI is InChI=1S/C6H12O2S/c7-3-1-2-5-9-6-4-8/h1-2,7-8H,3-6H2. The van der Waals surface area contributed by atoms with Crippen molar-refractivity contribution >= 4 is 11.8 Å². The highest BCUT2D eigenvalue weighted by Gasteiger charge is 1.80. The molecule has 2 nitrogen and oxygen atoms in total. The largest absolute Gasteiger partial charge is 0.396 e. The molecule has 0 radical (unpaired) electrons. The molecule has 0 aromatic heterocycles. The van der Waals surface area contributed by atoms with Crippen LogP contribution in [0.2, 0.25) is 0 Å². The van der Waals surface area contributed by atoms with Crippen molar-refractivity contribution in [3.63, 3.8) is 0 Å². The molecular formula is C6H12O2S. The molecular weight excluding hydrogens is 136 g/mol. The normalized spacial score (nSPS) is 10.9. The highest BCUT2D eigenvalue weighted by molar-refractivity contribution is 7.99. The van der Waals surface area contributed by atoms with Crippen LogP contribution >= 0.6 is 11.8 Å². The summed E-state index contributed by atoms with van der Waals surface area (Å²) in [6.07, 6.45) is 3.59. The smallest absolute Gasteiger partial charge is 0.0612 e. The van der Waals surface area contributed by atoms with E-state index in [0.717, 1.165) is 11.5 Å². The van der Waals surface area contributed by atoms with Crippen molar-refractivity contribution in [2.75, 3.05) is 24.7 Å². The molecule has 0 amide bonds. The van der Waals surface area contributed by atoms with Crippen LogP contribution in [0.15, 0.2) is 12.2 Å². The Morgan fingerprint density at radius 2 is 2.00 bits per heavy atom. The number of aliphatic hydroxyl groups excluding tert-OH is 2. The van der Waals surface area contributed by atoms with Gasteiger partial charge >= 0.3 is 0 Å². The Labute approximate surface area is 59.6 Å².